The van der Waals surface area contributed by atoms with Crippen molar-refractivity contribution in [2.24, 2.45) is 5.73 Å². The lowest BCUT2D eigenvalue weighted by molar-refractivity contribution is 0.120. The van der Waals surface area contributed by atoms with Gasteiger partial charge in [-0.25, -0.2) is 0 Å². The maximum absolute atomic E-state index is 5.97. The van der Waals surface area contributed by atoms with E-state index in [2.05, 4.69) is 11.5 Å². The fourth-order valence-corrected chi connectivity index (χ4v) is 3.69. The second-order valence-electron chi connectivity index (χ2n) is 4.61. The van der Waals surface area contributed by atoms with Crippen LogP contribution in [-0.4, -0.2) is 23.8 Å². The van der Waals surface area contributed by atoms with E-state index in [1.807, 2.05) is 0 Å². The van der Waals surface area contributed by atoms with Crippen LogP contribution in [0.25, 0.3) is 0 Å². The smallest absolute Gasteiger partial charge is 0.161 e. The minimum absolute atomic E-state index is 0.191. The molecule has 3 nitrogen and oxygen atoms in total. The Labute approximate surface area is 112 Å². The van der Waals surface area contributed by atoms with Gasteiger partial charge in [0.25, 0.3) is 0 Å². The van der Waals surface area contributed by atoms with Crippen molar-refractivity contribution in [3.63, 3.8) is 0 Å². The molecule has 0 radical (unpaired) electrons. The zero-order valence-electron chi connectivity index (χ0n) is 10.3. The summed E-state index contributed by atoms with van der Waals surface area (Å²) in [6.45, 7) is 4.64. The summed E-state index contributed by atoms with van der Waals surface area (Å²) in [4.78, 5) is 1.36. The Balaban J connectivity index is 2.14. The first-order valence-corrected chi connectivity index (χ1v) is 7.43. The molecule has 1 atom stereocenters. The van der Waals surface area contributed by atoms with Crippen LogP contribution < -0.4 is 5.73 Å². The van der Waals surface area contributed by atoms with Crippen LogP contribution in [0.2, 0.25) is 0 Å². The average molecular weight is 272 g/mol. The summed E-state index contributed by atoms with van der Waals surface area (Å²) in [6, 6.07) is 0.191. The summed E-state index contributed by atoms with van der Waals surface area (Å²) in [5.74, 6) is 0. The standard InChI is InChI=1S/C12H20N2OS2/c1-9-11-5-7-15-8-10(13)4-2-3-6-14(9)12(16)17-11/h10H,2-8,13H2,1H3. The maximum atomic E-state index is 5.97. The topological polar surface area (TPSA) is 40.2 Å². The van der Waals surface area contributed by atoms with Gasteiger partial charge < -0.3 is 15.0 Å². The SMILES string of the molecule is Cc1c2sc(=S)n1CCCCC(N)COCC2. The monoisotopic (exact) mass is 272 g/mol. The van der Waals surface area contributed by atoms with Crippen LogP contribution >= 0.6 is 23.6 Å². The zero-order valence-corrected chi connectivity index (χ0v) is 11.9. The Morgan fingerprint density at radius 1 is 1.47 bits per heavy atom. The van der Waals surface area contributed by atoms with Crippen molar-refractivity contribution < 1.29 is 4.74 Å². The molecule has 2 heterocycles. The number of ether oxygens (including phenoxy) is 1. The minimum atomic E-state index is 0.191. The highest BCUT2D eigenvalue weighted by atomic mass is 32.1. The van der Waals surface area contributed by atoms with Gasteiger partial charge in [-0.05, 0) is 32.0 Å². The van der Waals surface area contributed by atoms with Gasteiger partial charge in [-0.15, -0.1) is 11.3 Å². The van der Waals surface area contributed by atoms with Gasteiger partial charge >= 0.3 is 0 Å². The molecule has 1 aromatic rings. The third kappa shape index (κ3) is 3.37. The molecule has 2 rings (SSSR count). The number of hydrogen-bond acceptors (Lipinski definition) is 4. The molecule has 5 heteroatoms. The number of aromatic nitrogens is 1. The highest BCUT2D eigenvalue weighted by Gasteiger charge is 2.11. The van der Waals surface area contributed by atoms with E-state index in [1.165, 1.54) is 10.6 Å². The largest absolute Gasteiger partial charge is 0.379 e. The van der Waals surface area contributed by atoms with Crippen molar-refractivity contribution >= 4 is 23.6 Å². The first kappa shape index (κ1) is 13.2. The fourth-order valence-electron chi connectivity index (χ4n) is 2.17. The molecule has 1 unspecified atom stereocenters. The first-order valence-electron chi connectivity index (χ1n) is 6.21. The third-order valence-corrected chi connectivity index (χ3v) is 4.86. The molecule has 17 heavy (non-hydrogen) atoms. The van der Waals surface area contributed by atoms with E-state index in [0.717, 1.165) is 42.8 Å². The predicted molar refractivity (Wildman–Crippen MR) is 74.2 cm³/mol. The number of thiazole rings is 1. The van der Waals surface area contributed by atoms with Gasteiger partial charge in [0.1, 0.15) is 0 Å². The average Bonchev–Trinajstić information content (AvgIpc) is 2.56. The summed E-state index contributed by atoms with van der Waals surface area (Å²) < 4.78 is 8.89. The van der Waals surface area contributed by atoms with Gasteiger partial charge in [-0.2, -0.15) is 0 Å². The Morgan fingerprint density at radius 3 is 3.12 bits per heavy atom. The summed E-state index contributed by atoms with van der Waals surface area (Å²) in [7, 11) is 0. The third-order valence-electron chi connectivity index (χ3n) is 3.25. The molecule has 1 aliphatic heterocycles. The van der Waals surface area contributed by atoms with Crippen LogP contribution in [0.3, 0.4) is 0 Å². The van der Waals surface area contributed by atoms with E-state index in [1.54, 1.807) is 11.3 Å². The number of nitrogens with two attached hydrogens (primary N) is 1. The number of nitrogens with zero attached hydrogens (tertiary/aromatic N) is 1. The van der Waals surface area contributed by atoms with E-state index in [4.69, 9.17) is 22.7 Å². The number of hydrogen-bond donors (Lipinski definition) is 1. The second kappa shape index (κ2) is 6.09. The van der Waals surface area contributed by atoms with Crippen molar-refractivity contribution in [2.75, 3.05) is 13.2 Å². The molecular weight excluding hydrogens is 252 g/mol. The van der Waals surface area contributed by atoms with E-state index in [9.17, 15) is 0 Å². The Hall–Kier alpha value is -0.230. The van der Waals surface area contributed by atoms with Gasteiger partial charge in [0, 0.05) is 29.6 Å². The first-order chi connectivity index (χ1) is 8.18. The molecule has 2 bridgehead atoms. The maximum Gasteiger partial charge on any atom is 0.161 e. The normalized spacial score (nSPS) is 22.8. The quantitative estimate of drug-likeness (QED) is 0.738. The van der Waals surface area contributed by atoms with Gasteiger partial charge in [0.05, 0.1) is 13.2 Å². The minimum Gasteiger partial charge on any atom is -0.379 e. The zero-order chi connectivity index (χ0) is 12.3. The lowest BCUT2D eigenvalue weighted by atomic mass is 10.1. The van der Waals surface area contributed by atoms with Crippen LogP contribution in [-0.2, 0) is 17.7 Å². The van der Waals surface area contributed by atoms with Gasteiger partial charge in [-0.3, -0.25) is 0 Å². The van der Waals surface area contributed by atoms with Crippen LogP contribution in [0.15, 0.2) is 0 Å². The van der Waals surface area contributed by atoms with E-state index >= 15 is 0 Å². The van der Waals surface area contributed by atoms with Crippen LogP contribution in [0.1, 0.15) is 29.8 Å². The molecule has 96 valence electrons. The number of fused-ring (bicyclic) bond motifs is 2. The molecule has 1 aromatic heterocycles. The second-order valence-corrected chi connectivity index (χ2v) is 6.34. The van der Waals surface area contributed by atoms with E-state index in [-0.39, 0.29) is 6.04 Å². The summed E-state index contributed by atoms with van der Waals surface area (Å²) in [5.41, 5.74) is 7.30. The van der Waals surface area contributed by atoms with Gasteiger partial charge in [0.15, 0.2) is 3.95 Å². The Morgan fingerprint density at radius 2 is 2.29 bits per heavy atom. The molecule has 0 aliphatic carbocycles. The molecule has 0 saturated heterocycles. The molecule has 0 fully saturated rings. The van der Waals surface area contributed by atoms with Crippen molar-refractivity contribution in [3.8, 4) is 0 Å². The summed E-state index contributed by atoms with van der Waals surface area (Å²) >= 11 is 7.14. The molecule has 0 spiro atoms. The van der Waals surface area contributed by atoms with E-state index < -0.39 is 0 Å². The van der Waals surface area contributed by atoms with Gasteiger partial charge in [-0.1, -0.05) is 6.42 Å². The van der Waals surface area contributed by atoms with Gasteiger partial charge in [0.2, 0.25) is 0 Å². The van der Waals surface area contributed by atoms with Crippen molar-refractivity contribution in [1.29, 1.82) is 0 Å². The lowest BCUT2D eigenvalue weighted by Gasteiger charge is -2.14. The van der Waals surface area contributed by atoms with Crippen LogP contribution in [0.5, 0.6) is 0 Å². The Kier molecular flexibility index (Phi) is 4.73. The summed E-state index contributed by atoms with van der Waals surface area (Å²) in [6.07, 6.45) is 4.30. The highest BCUT2D eigenvalue weighted by Crippen LogP contribution is 2.21. The van der Waals surface area contributed by atoms with Crippen LogP contribution in [0, 0.1) is 10.9 Å². The summed E-state index contributed by atoms with van der Waals surface area (Å²) in [5, 5.41) is 0. The molecule has 0 saturated carbocycles. The van der Waals surface area contributed by atoms with Crippen molar-refractivity contribution in [1.82, 2.24) is 4.57 Å². The molecule has 0 aromatic carbocycles. The molecule has 1 aliphatic rings. The molecule has 2 N–H and O–H groups in total. The fraction of sp³-hybridized carbons (Fsp3) is 0.750. The lowest BCUT2D eigenvalue weighted by Crippen LogP contribution is -2.26. The number of rotatable bonds is 0. The molecule has 0 amide bonds. The van der Waals surface area contributed by atoms with Crippen molar-refractivity contribution in [2.45, 2.75) is 45.2 Å². The Bertz CT molecular complexity index is 425. The molecular formula is C12H20N2OS2. The predicted octanol–water partition coefficient (Wildman–Crippen LogP) is 2.66. The highest BCUT2D eigenvalue weighted by molar-refractivity contribution is 7.73. The van der Waals surface area contributed by atoms with Crippen LogP contribution in [0.4, 0.5) is 0 Å². The van der Waals surface area contributed by atoms with E-state index in [0.29, 0.717) is 6.61 Å². The van der Waals surface area contributed by atoms with Crippen molar-refractivity contribution in [3.05, 3.63) is 14.5 Å².